The average molecular weight is 381 g/mol. The summed E-state index contributed by atoms with van der Waals surface area (Å²) >= 11 is 0. The number of fused-ring (bicyclic) bond motifs is 4. The fourth-order valence-electron chi connectivity index (χ4n) is 5.50. The van der Waals surface area contributed by atoms with Crippen LogP contribution >= 0.6 is 0 Å². The summed E-state index contributed by atoms with van der Waals surface area (Å²) in [6.07, 6.45) is 7.48. The molecular weight excluding hydrogens is 366 g/mol. The van der Waals surface area contributed by atoms with Gasteiger partial charge in [0.25, 0.3) is 17.5 Å². The van der Waals surface area contributed by atoms with Gasteiger partial charge in [0, 0.05) is 0 Å². The summed E-state index contributed by atoms with van der Waals surface area (Å²) in [6, 6.07) is 2.69. The van der Waals surface area contributed by atoms with Crippen molar-refractivity contribution >= 4 is 23.7 Å². The van der Waals surface area contributed by atoms with E-state index in [0.29, 0.717) is 5.75 Å². The lowest BCUT2D eigenvalue weighted by molar-refractivity contribution is -0.385. The largest absolute Gasteiger partial charge is 0.454 e. The van der Waals surface area contributed by atoms with Gasteiger partial charge in [0.1, 0.15) is 0 Å². The maximum Gasteiger partial charge on any atom is 0.282 e. The van der Waals surface area contributed by atoms with E-state index in [2.05, 4.69) is 17.3 Å². The van der Waals surface area contributed by atoms with Gasteiger partial charge in [-0.05, 0) is 36.2 Å². The maximum atomic E-state index is 12.9. The highest BCUT2D eigenvalue weighted by molar-refractivity contribution is 6.07. The zero-order valence-corrected chi connectivity index (χ0v) is 14.6. The zero-order valence-electron chi connectivity index (χ0n) is 14.6. The smallest absolute Gasteiger partial charge is 0.282 e. The van der Waals surface area contributed by atoms with E-state index in [0.717, 1.165) is 17.9 Å². The lowest BCUT2D eigenvalue weighted by Gasteiger charge is -2.18. The maximum absolute atomic E-state index is 12.9. The minimum atomic E-state index is -0.563. The number of carbonyl (C=O) groups excluding carboxylic acids is 2. The molecule has 3 aliphatic carbocycles. The molecule has 1 saturated heterocycles. The van der Waals surface area contributed by atoms with Crippen LogP contribution < -0.4 is 9.47 Å². The summed E-state index contributed by atoms with van der Waals surface area (Å²) in [4.78, 5) is 36.6. The number of rotatable bonds is 3. The number of hydrogen-bond acceptors (Lipinski definition) is 7. The van der Waals surface area contributed by atoms with Crippen molar-refractivity contribution < 1.29 is 24.0 Å². The Morgan fingerprint density at radius 1 is 1.11 bits per heavy atom. The van der Waals surface area contributed by atoms with Crippen molar-refractivity contribution in [3.05, 3.63) is 40.0 Å². The van der Waals surface area contributed by atoms with Crippen molar-refractivity contribution in [1.29, 1.82) is 0 Å². The van der Waals surface area contributed by atoms with Crippen LogP contribution in [0.2, 0.25) is 0 Å². The van der Waals surface area contributed by atoms with Crippen molar-refractivity contribution in [1.82, 2.24) is 5.01 Å². The fourth-order valence-corrected chi connectivity index (χ4v) is 5.50. The van der Waals surface area contributed by atoms with E-state index >= 15 is 0 Å². The van der Waals surface area contributed by atoms with E-state index in [4.69, 9.17) is 9.47 Å². The number of carbonyl (C=O) groups is 2. The number of ether oxygens (including phenoxy) is 2. The number of nitro benzene ring substituents is 1. The molecule has 1 spiro atoms. The molecule has 5 aliphatic rings. The summed E-state index contributed by atoms with van der Waals surface area (Å²) in [6.45, 7) is -0.0168. The number of nitrogens with zero attached hydrogens (tertiary/aromatic N) is 3. The number of nitro groups is 1. The number of amides is 2. The molecule has 2 aliphatic heterocycles. The third-order valence-electron chi connectivity index (χ3n) is 6.86. The molecule has 1 aromatic carbocycles. The van der Waals surface area contributed by atoms with Gasteiger partial charge in [0.15, 0.2) is 11.5 Å². The summed E-state index contributed by atoms with van der Waals surface area (Å²) in [7, 11) is 0. The first-order valence-electron chi connectivity index (χ1n) is 9.19. The number of imide groups is 1. The second-order valence-corrected chi connectivity index (χ2v) is 7.98. The highest BCUT2D eigenvalue weighted by atomic mass is 16.7. The Balaban J connectivity index is 1.33. The molecule has 1 aromatic rings. The standard InChI is InChI=1S/C19H15N3O6/c23-17-15-10-1-2-11(19(10)3-4-19)16(15)18(24)21(17)20-7-9-5-13-14(28-8-27-13)6-12(9)22(25)26/h1-2,5-7,10-11,15-16H,3-4,8H2/b20-7-/t10-,11-,15-,16-/m0/s1. The number of allylic oxidation sites excluding steroid dienone is 2. The Morgan fingerprint density at radius 2 is 1.71 bits per heavy atom. The van der Waals surface area contributed by atoms with Crippen LogP contribution in [-0.4, -0.2) is 34.8 Å². The number of hydrazone groups is 1. The summed E-state index contributed by atoms with van der Waals surface area (Å²) in [5, 5.41) is 16.3. The van der Waals surface area contributed by atoms with E-state index in [1.165, 1.54) is 18.3 Å². The first-order chi connectivity index (χ1) is 13.5. The molecule has 3 fully saturated rings. The Hall–Kier alpha value is -3.23. The van der Waals surface area contributed by atoms with Crippen LogP contribution in [0.5, 0.6) is 11.5 Å². The van der Waals surface area contributed by atoms with Crippen LogP contribution in [0.3, 0.4) is 0 Å². The fraction of sp³-hybridized carbons (Fsp3) is 0.421. The average Bonchev–Trinajstić information content (AvgIpc) is 2.97. The van der Waals surface area contributed by atoms with Crippen molar-refractivity contribution in [3.8, 4) is 11.5 Å². The predicted octanol–water partition coefficient (Wildman–Crippen LogP) is 1.85. The molecule has 0 aromatic heterocycles. The molecule has 2 bridgehead atoms. The van der Waals surface area contributed by atoms with Crippen LogP contribution in [0.25, 0.3) is 0 Å². The summed E-state index contributed by atoms with van der Waals surface area (Å²) in [5.41, 5.74) is 0.0321. The molecule has 28 heavy (non-hydrogen) atoms. The van der Waals surface area contributed by atoms with Gasteiger partial charge in [0.05, 0.1) is 34.6 Å². The number of hydrogen-bond donors (Lipinski definition) is 0. The SMILES string of the molecule is O=C1[C@@H]2[C@@H](C(=O)N1/N=C\c1cc3c(cc1[N+](=O)[O-])OCO3)[C@@H]1C=C[C@@H]2C12CC2. The van der Waals surface area contributed by atoms with Gasteiger partial charge in [0.2, 0.25) is 6.79 Å². The van der Waals surface area contributed by atoms with Crippen molar-refractivity contribution in [2.45, 2.75) is 12.8 Å². The second kappa shape index (κ2) is 4.98. The predicted molar refractivity (Wildman–Crippen MR) is 93.4 cm³/mol. The van der Waals surface area contributed by atoms with E-state index in [1.54, 1.807) is 0 Å². The molecule has 9 nitrogen and oxygen atoms in total. The lowest BCUT2D eigenvalue weighted by Crippen LogP contribution is -2.30. The molecule has 142 valence electrons. The van der Waals surface area contributed by atoms with Crippen molar-refractivity contribution in [3.63, 3.8) is 0 Å². The third-order valence-corrected chi connectivity index (χ3v) is 6.86. The van der Waals surface area contributed by atoms with E-state index in [-0.39, 0.29) is 64.7 Å². The molecule has 9 heteroatoms. The molecule has 2 saturated carbocycles. The molecule has 2 amide bonds. The van der Waals surface area contributed by atoms with E-state index in [9.17, 15) is 19.7 Å². The third kappa shape index (κ3) is 1.78. The molecule has 0 radical (unpaired) electrons. The molecule has 4 atom stereocenters. The molecule has 0 unspecified atom stereocenters. The van der Waals surface area contributed by atoms with Gasteiger partial charge in [-0.2, -0.15) is 10.1 Å². The van der Waals surface area contributed by atoms with Crippen LogP contribution in [0.4, 0.5) is 5.69 Å². The second-order valence-electron chi connectivity index (χ2n) is 7.98. The normalized spacial score (nSPS) is 32.8. The molecule has 6 rings (SSSR count). The molecular formula is C19H15N3O6. The van der Waals surface area contributed by atoms with Gasteiger partial charge in [-0.1, -0.05) is 12.2 Å². The van der Waals surface area contributed by atoms with Crippen LogP contribution in [0.15, 0.2) is 29.4 Å². The van der Waals surface area contributed by atoms with Gasteiger partial charge >= 0.3 is 0 Å². The van der Waals surface area contributed by atoms with Crippen molar-refractivity contribution in [2.24, 2.45) is 34.2 Å². The quantitative estimate of drug-likeness (QED) is 0.260. The van der Waals surface area contributed by atoms with Crippen LogP contribution in [0.1, 0.15) is 18.4 Å². The van der Waals surface area contributed by atoms with Crippen LogP contribution in [-0.2, 0) is 9.59 Å². The zero-order chi connectivity index (χ0) is 19.2. The van der Waals surface area contributed by atoms with E-state index < -0.39 is 4.92 Å². The van der Waals surface area contributed by atoms with Crippen LogP contribution in [0, 0.1) is 39.2 Å². The summed E-state index contributed by atoms with van der Waals surface area (Å²) in [5.74, 6) is -0.457. The molecule has 2 heterocycles. The van der Waals surface area contributed by atoms with E-state index in [1.807, 2.05) is 0 Å². The highest BCUT2D eigenvalue weighted by Gasteiger charge is 2.73. The Bertz CT molecular complexity index is 993. The monoisotopic (exact) mass is 381 g/mol. The lowest BCUT2D eigenvalue weighted by atomic mass is 9.85. The Morgan fingerprint density at radius 3 is 2.29 bits per heavy atom. The number of benzene rings is 1. The first kappa shape index (κ1) is 15.8. The summed E-state index contributed by atoms with van der Waals surface area (Å²) < 4.78 is 10.4. The Kier molecular flexibility index (Phi) is 2.81. The topological polar surface area (TPSA) is 111 Å². The van der Waals surface area contributed by atoms with Crippen molar-refractivity contribution in [2.75, 3.05) is 6.79 Å². The Labute approximate surface area is 158 Å². The first-order valence-corrected chi connectivity index (χ1v) is 9.19. The highest BCUT2D eigenvalue weighted by Crippen LogP contribution is 2.73. The van der Waals surface area contributed by atoms with Gasteiger partial charge in [-0.3, -0.25) is 19.7 Å². The minimum absolute atomic E-state index is 0.0168. The van der Waals surface area contributed by atoms with Gasteiger partial charge in [-0.25, -0.2) is 0 Å². The van der Waals surface area contributed by atoms with Gasteiger partial charge < -0.3 is 9.47 Å². The van der Waals surface area contributed by atoms with Gasteiger partial charge in [-0.15, -0.1) is 0 Å². The minimum Gasteiger partial charge on any atom is -0.454 e. The molecule has 0 N–H and O–H groups in total.